The van der Waals surface area contributed by atoms with Gasteiger partial charge in [-0.1, -0.05) is 6.58 Å². The van der Waals surface area contributed by atoms with Gasteiger partial charge in [-0.2, -0.15) is 13.2 Å². The third-order valence-corrected chi connectivity index (χ3v) is 0.533. The molecule has 15 heavy (non-hydrogen) atoms. The molecule has 0 rings (SSSR count). The molecule has 0 bridgehead atoms. The van der Waals surface area contributed by atoms with E-state index in [1.165, 1.54) is 0 Å². The highest BCUT2D eigenvalue weighted by Crippen LogP contribution is 2.14. The second-order valence-corrected chi connectivity index (χ2v) is 1.96. The predicted octanol–water partition coefficient (Wildman–Crippen LogP) is 1.94. The van der Waals surface area contributed by atoms with Gasteiger partial charge >= 0.3 is 12.3 Å². The zero-order valence-corrected chi connectivity index (χ0v) is 7.71. The summed E-state index contributed by atoms with van der Waals surface area (Å²) in [5.41, 5.74) is 0. The molecule has 0 radical (unpaired) electrons. The fourth-order valence-electron chi connectivity index (χ4n) is 0.243. The van der Waals surface area contributed by atoms with Crippen LogP contribution in [0, 0.1) is 0 Å². The predicted molar refractivity (Wildman–Crippen MR) is 42.0 cm³/mol. The zero-order chi connectivity index (χ0) is 12.5. The van der Waals surface area contributed by atoms with Gasteiger partial charge in [0.1, 0.15) is 0 Å². The molecule has 0 saturated carbocycles. The molecule has 5 nitrogen and oxygen atoms in total. The second-order valence-electron chi connectivity index (χ2n) is 1.96. The Labute approximate surface area is 83.1 Å². The topological polar surface area (TPSA) is 72.8 Å². The minimum Gasteiger partial charge on any atom is -0.481 e. The molecule has 0 aliphatic heterocycles. The number of ether oxygens (including phenoxy) is 2. The van der Waals surface area contributed by atoms with Crippen molar-refractivity contribution in [3.05, 3.63) is 12.8 Å². The molecule has 0 spiro atoms. The summed E-state index contributed by atoms with van der Waals surface area (Å²) in [5.74, 6) is -0.833. The second kappa shape index (κ2) is 7.65. The van der Waals surface area contributed by atoms with Crippen LogP contribution in [0.2, 0.25) is 0 Å². The highest BCUT2D eigenvalue weighted by atomic mass is 19.4. The molecule has 0 aliphatic carbocycles. The van der Waals surface area contributed by atoms with Crippen molar-refractivity contribution >= 4 is 12.1 Å². The van der Waals surface area contributed by atoms with Gasteiger partial charge in [-0.05, 0) is 0 Å². The van der Waals surface area contributed by atoms with Gasteiger partial charge in [0.25, 0.3) is 5.97 Å². The van der Waals surface area contributed by atoms with Gasteiger partial charge in [-0.3, -0.25) is 4.79 Å². The Kier molecular flexibility index (Phi) is 8.03. The molecule has 0 heterocycles. The number of halogens is 3. The monoisotopic (exact) mass is 230 g/mol. The molecular formula is C7H9F3O5. The average molecular weight is 230 g/mol. The maximum Gasteiger partial charge on any atom is 0.513 e. The molecule has 0 atom stereocenters. The number of carboxylic acids is 1. The molecule has 1 N–H and O–H groups in total. The lowest BCUT2D eigenvalue weighted by molar-refractivity contribution is -0.164. The summed E-state index contributed by atoms with van der Waals surface area (Å²) in [6, 6.07) is 0. The first-order valence-corrected chi connectivity index (χ1v) is 3.39. The van der Waals surface area contributed by atoms with Gasteiger partial charge < -0.3 is 14.6 Å². The van der Waals surface area contributed by atoms with Gasteiger partial charge in [-0.15, -0.1) is 0 Å². The van der Waals surface area contributed by atoms with Crippen LogP contribution in [0.25, 0.3) is 0 Å². The van der Waals surface area contributed by atoms with Gasteiger partial charge in [0.15, 0.2) is 6.61 Å². The first kappa shape index (κ1) is 15.7. The molecule has 0 unspecified atom stereocenters. The third kappa shape index (κ3) is 24.5. The molecule has 0 amide bonds. The van der Waals surface area contributed by atoms with E-state index >= 15 is 0 Å². The minimum absolute atomic E-state index is 0.679. The number of hydrogen-bond donors (Lipinski definition) is 1. The number of carbonyl (C=O) groups excluding carboxylic acids is 1. The summed E-state index contributed by atoms with van der Waals surface area (Å²) < 4.78 is 41.3. The van der Waals surface area contributed by atoms with Crippen LogP contribution in [0.3, 0.4) is 0 Å². The lowest BCUT2D eigenvalue weighted by Gasteiger charge is -2.05. The maximum atomic E-state index is 11.3. The number of rotatable bonds is 2. The number of alkyl halides is 3. The molecule has 0 saturated heterocycles. The van der Waals surface area contributed by atoms with Crippen LogP contribution in [0.15, 0.2) is 12.8 Å². The Bertz CT molecular complexity index is 219. The number of hydrogen-bond acceptors (Lipinski definition) is 4. The van der Waals surface area contributed by atoms with Crippen LogP contribution in [0.5, 0.6) is 0 Å². The minimum atomic E-state index is -4.53. The van der Waals surface area contributed by atoms with E-state index in [9.17, 15) is 18.0 Å². The fourth-order valence-corrected chi connectivity index (χ4v) is 0.243. The molecule has 0 aromatic rings. The highest BCUT2D eigenvalue weighted by Gasteiger charge is 2.29. The smallest absolute Gasteiger partial charge is 0.481 e. The van der Waals surface area contributed by atoms with Crippen molar-refractivity contribution in [1.29, 1.82) is 0 Å². The number of carboxylic acid groups (broad SMARTS) is 1. The van der Waals surface area contributed by atoms with E-state index in [0.717, 1.165) is 6.92 Å². The molecule has 0 aliphatic rings. The highest BCUT2D eigenvalue weighted by molar-refractivity contribution is 5.63. The Morgan fingerprint density at radius 1 is 1.47 bits per heavy atom. The SMILES string of the molecule is C=COC(=O)OCC(F)(F)F.CC(=O)O. The van der Waals surface area contributed by atoms with Crippen LogP contribution in [0.1, 0.15) is 6.92 Å². The fraction of sp³-hybridized carbons (Fsp3) is 0.429. The van der Waals surface area contributed by atoms with E-state index in [-0.39, 0.29) is 0 Å². The van der Waals surface area contributed by atoms with E-state index < -0.39 is 24.9 Å². The van der Waals surface area contributed by atoms with Gasteiger partial charge in [0, 0.05) is 6.92 Å². The summed E-state index contributed by atoms with van der Waals surface area (Å²) in [6.45, 7) is 2.37. The van der Waals surface area contributed by atoms with Gasteiger partial charge in [-0.25, -0.2) is 4.79 Å². The average Bonchev–Trinajstić information content (AvgIpc) is 1.99. The lowest BCUT2D eigenvalue weighted by Crippen LogP contribution is -2.19. The van der Waals surface area contributed by atoms with Crippen molar-refractivity contribution in [2.45, 2.75) is 13.1 Å². The molecule has 8 heteroatoms. The lowest BCUT2D eigenvalue weighted by atomic mass is 10.7. The van der Waals surface area contributed by atoms with Gasteiger partial charge in [0.05, 0.1) is 6.26 Å². The van der Waals surface area contributed by atoms with Crippen molar-refractivity contribution in [2.24, 2.45) is 0 Å². The zero-order valence-electron chi connectivity index (χ0n) is 7.71. The maximum absolute atomic E-state index is 11.3. The van der Waals surface area contributed by atoms with E-state index in [1.54, 1.807) is 0 Å². The Morgan fingerprint density at radius 2 is 1.87 bits per heavy atom. The van der Waals surface area contributed by atoms with Crippen molar-refractivity contribution in [2.75, 3.05) is 6.61 Å². The summed E-state index contributed by atoms with van der Waals surface area (Å²) in [5, 5.41) is 7.42. The quantitative estimate of drug-likeness (QED) is 0.579. The largest absolute Gasteiger partial charge is 0.513 e. The van der Waals surface area contributed by atoms with Crippen LogP contribution in [0.4, 0.5) is 18.0 Å². The molecule has 0 aromatic heterocycles. The van der Waals surface area contributed by atoms with Crippen molar-refractivity contribution < 1.29 is 37.3 Å². The van der Waals surface area contributed by atoms with Crippen LogP contribution >= 0.6 is 0 Å². The van der Waals surface area contributed by atoms with Crippen molar-refractivity contribution in [3.63, 3.8) is 0 Å². The normalized spacial score (nSPS) is 9.33. The molecular weight excluding hydrogens is 221 g/mol. The van der Waals surface area contributed by atoms with E-state index in [0.29, 0.717) is 6.26 Å². The van der Waals surface area contributed by atoms with Gasteiger partial charge in [0.2, 0.25) is 0 Å². The Hall–Kier alpha value is -1.73. The van der Waals surface area contributed by atoms with Crippen LogP contribution in [-0.4, -0.2) is 30.0 Å². The standard InChI is InChI=1S/C5H5F3O3.C2H4O2/c1-2-10-4(9)11-3-5(6,7)8;1-2(3)4/h2H,1,3H2;1H3,(H,3,4). The number of carbonyl (C=O) groups is 2. The van der Waals surface area contributed by atoms with E-state index in [1.807, 2.05) is 0 Å². The van der Waals surface area contributed by atoms with E-state index in [4.69, 9.17) is 9.90 Å². The Balaban J connectivity index is 0. The van der Waals surface area contributed by atoms with Crippen LogP contribution in [-0.2, 0) is 14.3 Å². The van der Waals surface area contributed by atoms with E-state index in [2.05, 4.69) is 16.1 Å². The van der Waals surface area contributed by atoms with Crippen molar-refractivity contribution in [1.82, 2.24) is 0 Å². The Morgan fingerprint density at radius 3 is 2.13 bits per heavy atom. The third-order valence-electron chi connectivity index (χ3n) is 0.533. The number of aliphatic carboxylic acids is 1. The summed E-state index contributed by atoms with van der Waals surface area (Å²) in [4.78, 5) is 19.1. The summed E-state index contributed by atoms with van der Waals surface area (Å²) in [7, 11) is 0. The van der Waals surface area contributed by atoms with Crippen LogP contribution < -0.4 is 0 Å². The molecule has 88 valence electrons. The molecule has 0 fully saturated rings. The first-order chi connectivity index (χ1) is 6.69. The first-order valence-electron chi connectivity index (χ1n) is 3.39. The summed E-state index contributed by atoms with van der Waals surface area (Å²) in [6.07, 6.45) is -5.27. The summed E-state index contributed by atoms with van der Waals surface area (Å²) >= 11 is 0. The van der Waals surface area contributed by atoms with Crippen molar-refractivity contribution in [3.8, 4) is 0 Å². The molecule has 0 aromatic carbocycles.